The van der Waals surface area contributed by atoms with E-state index in [1.54, 1.807) is 0 Å². The van der Waals surface area contributed by atoms with Crippen molar-refractivity contribution in [1.29, 1.82) is 0 Å². The Morgan fingerprint density at radius 1 is 1.11 bits per heavy atom. The van der Waals surface area contributed by atoms with Crippen LogP contribution in [0.15, 0.2) is 30.3 Å². The third kappa shape index (κ3) is 3.80. The van der Waals surface area contributed by atoms with E-state index in [2.05, 4.69) is 42.5 Å². The molecular formula is C19H24N6O2. The van der Waals surface area contributed by atoms with Gasteiger partial charge in [0.05, 0.1) is 25.5 Å². The molecule has 2 aliphatic heterocycles. The molecule has 142 valence electrons. The van der Waals surface area contributed by atoms with Crippen LogP contribution in [0.2, 0.25) is 0 Å². The quantitative estimate of drug-likeness (QED) is 0.859. The highest BCUT2D eigenvalue weighted by Gasteiger charge is 2.29. The van der Waals surface area contributed by atoms with Crippen LogP contribution in [-0.2, 0) is 17.8 Å². The fourth-order valence-electron chi connectivity index (χ4n) is 3.46. The first-order valence-electron chi connectivity index (χ1n) is 9.32. The molecule has 0 unspecified atom stereocenters. The highest BCUT2D eigenvalue weighted by atomic mass is 16.5. The molecule has 0 bridgehead atoms. The summed E-state index contributed by atoms with van der Waals surface area (Å²) in [6.45, 7) is 6.82. The van der Waals surface area contributed by atoms with Crippen LogP contribution in [0, 0.1) is 0 Å². The minimum absolute atomic E-state index is 0.289. The molecule has 0 radical (unpaired) electrons. The number of aromatic nitrogens is 2. The standard InChI is InChI=1S/C19H24N6O2/c1-2-20-19(26)23-18-21-16-13-25(14-6-4-3-5-7-14)12-15(16)17(22-18)24-8-10-27-11-9-24/h3-7H,2,8-13H2,1H3,(H2,20,21,22,23,26). The predicted molar refractivity (Wildman–Crippen MR) is 104 cm³/mol. The molecular weight excluding hydrogens is 344 g/mol. The van der Waals surface area contributed by atoms with Gasteiger partial charge in [-0.25, -0.2) is 9.78 Å². The molecule has 3 heterocycles. The highest BCUT2D eigenvalue weighted by Crippen LogP contribution is 2.33. The number of nitrogens with one attached hydrogen (secondary N) is 2. The first kappa shape index (κ1) is 17.5. The van der Waals surface area contributed by atoms with Crippen molar-refractivity contribution in [3.63, 3.8) is 0 Å². The summed E-state index contributed by atoms with van der Waals surface area (Å²) >= 11 is 0. The van der Waals surface area contributed by atoms with E-state index in [-0.39, 0.29) is 6.03 Å². The van der Waals surface area contributed by atoms with Crippen molar-refractivity contribution < 1.29 is 9.53 Å². The van der Waals surface area contributed by atoms with Gasteiger partial charge in [0.2, 0.25) is 5.95 Å². The molecule has 27 heavy (non-hydrogen) atoms. The Bertz CT molecular complexity index is 807. The van der Waals surface area contributed by atoms with E-state index >= 15 is 0 Å². The van der Waals surface area contributed by atoms with E-state index < -0.39 is 0 Å². The van der Waals surface area contributed by atoms with Crippen molar-refractivity contribution in [2.24, 2.45) is 0 Å². The summed E-state index contributed by atoms with van der Waals surface area (Å²) in [6.07, 6.45) is 0. The zero-order valence-corrected chi connectivity index (χ0v) is 15.4. The lowest BCUT2D eigenvalue weighted by atomic mass is 10.2. The van der Waals surface area contributed by atoms with E-state index in [0.29, 0.717) is 32.3 Å². The third-order valence-electron chi connectivity index (χ3n) is 4.76. The molecule has 0 saturated carbocycles. The normalized spacial score (nSPS) is 16.2. The lowest BCUT2D eigenvalue weighted by Crippen LogP contribution is -2.38. The number of hydrogen-bond donors (Lipinski definition) is 2. The molecule has 2 amide bonds. The molecule has 0 spiro atoms. The Balaban J connectivity index is 1.65. The molecule has 8 heteroatoms. The van der Waals surface area contributed by atoms with Gasteiger partial charge in [0.1, 0.15) is 5.82 Å². The van der Waals surface area contributed by atoms with Gasteiger partial charge in [-0.15, -0.1) is 0 Å². The van der Waals surface area contributed by atoms with Crippen molar-refractivity contribution >= 4 is 23.5 Å². The number of ether oxygens (including phenoxy) is 1. The number of morpholine rings is 1. The molecule has 0 aliphatic carbocycles. The molecule has 2 aromatic rings. The molecule has 1 saturated heterocycles. The summed E-state index contributed by atoms with van der Waals surface area (Å²) in [5.74, 6) is 1.24. The van der Waals surface area contributed by atoms with Crippen LogP contribution in [0.5, 0.6) is 0 Å². The van der Waals surface area contributed by atoms with Gasteiger partial charge in [-0.05, 0) is 19.1 Å². The van der Waals surface area contributed by atoms with Crippen LogP contribution < -0.4 is 20.4 Å². The van der Waals surface area contributed by atoms with E-state index in [0.717, 1.165) is 42.4 Å². The van der Waals surface area contributed by atoms with Crippen LogP contribution in [0.25, 0.3) is 0 Å². The smallest absolute Gasteiger partial charge is 0.321 e. The number of benzene rings is 1. The fourth-order valence-corrected chi connectivity index (χ4v) is 3.46. The van der Waals surface area contributed by atoms with Gasteiger partial charge in [-0.1, -0.05) is 18.2 Å². The zero-order valence-electron chi connectivity index (χ0n) is 15.4. The average Bonchev–Trinajstić information content (AvgIpc) is 3.13. The molecule has 8 nitrogen and oxygen atoms in total. The van der Waals surface area contributed by atoms with Crippen LogP contribution >= 0.6 is 0 Å². The molecule has 4 rings (SSSR count). The molecule has 2 N–H and O–H groups in total. The average molecular weight is 368 g/mol. The SMILES string of the molecule is CCNC(=O)Nc1nc2c(c(N3CCOCC3)n1)CN(c1ccccc1)C2. The largest absolute Gasteiger partial charge is 0.378 e. The monoisotopic (exact) mass is 368 g/mol. The first-order valence-corrected chi connectivity index (χ1v) is 9.32. The number of carbonyl (C=O) groups excluding carboxylic acids is 1. The van der Waals surface area contributed by atoms with Gasteiger partial charge in [0, 0.05) is 37.4 Å². The van der Waals surface area contributed by atoms with Crippen molar-refractivity contribution in [2.75, 3.05) is 48.0 Å². The van der Waals surface area contributed by atoms with E-state index in [1.807, 2.05) is 25.1 Å². The minimum atomic E-state index is -0.289. The fraction of sp³-hybridized carbons (Fsp3) is 0.421. The van der Waals surface area contributed by atoms with Gasteiger partial charge in [-0.3, -0.25) is 5.32 Å². The Labute approximate surface area is 158 Å². The number of rotatable bonds is 4. The van der Waals surface area contributed by atoms with Crippen molar-refractivity contribution in [3.8, 4) is 0 Å². The third-order valence-corrected chi connectivity index (χ3v) is 4.76. The lowest BCUT2D eigenvalue weighted by Gasteiger charge is -2.29. The molecule has 2 aliphatic rings. The molecule has 1 aromatic heterocycles. The van der Waals surface area contributed by atoms with E-state index in [4.69, 9.17) is 4.74 Å². The number of anilines is 3. The predicted octanol–water partition coefficient (Wildman–Crippen LogP) is 1.97. The zero-order chi connectivity index (χ0) is 18.6. The second kappa shape index (κ2) is 7.79. The summed E-state index contributed by atoms with van der Waals surface area (Å²) in [4.78, 5) is 25.7. The van der Waals surface area contributed by atoms with Crippen LogP contribution in [0.3, 0.4) is 0 Å². The number of carbonyl (C=O) groups is 1. The maximum Gasteiger partial charge on any atom is 0.321 e. The topological polar surface area (TPSA) is 82.6 Å². The summed E-state index contributed by atoms with van der Waals surface area (Å²) in [6, 6.07) is 10.00. The second-order valence-corrected chi connectivity index (χ2v) is 6.57. The Kier molecular flexibility index (Phi) is 5.06. The van der Waals surface area contributed by atoms with Crippen molar-refractivity contribution in [2.45, 2.75) is 20.0 Å². The summed E-state index contributed by atoms with van der Waals surface area (Å²) in [5.41, 5.74) is 3.24. The Hall–Kier alpha value is -2.87. The van der Waals surface area contributed by atoms with Crippen LogP contribution in [-0.4, -0.2) is 48.8 Å². The summed E-state index contributed by atoms with van der Waals surface area (Å²) in [7, 11) is 0. The first-order chi connectivity index (χ1) is 13.2. The Morgan fingerprint density at radius 2 is 1.89 bits per heavy atom. The number of urea groups is 1. The number of amides is 2. The van der Waals surface area contributed by atoms with Gasteiger partial charge < -0.3 is 19.9 Å². The van der Waals surface area contributed by atoms with Crippen molar-refractivity contribution in [1.82, 2.24) is 15.3 Å². The lowest BCUT2D eigenvalue weighted by molar-refractivity contribution is 0.122. The number of fused-ring (bicyclic) bond motifs is 1. The van der Waals surface area contributed by atoms with Crippen molar-refractivity contribution in [3.05, 3.63) is 41.6 Å². The molecule has 1 fully saturated rings. The van der Waals surface area contributed by atoms with Gasteiger partial charge in [-0.2, -0.15) is 4.98 Å². The number of para-hydroxylation sites is 1. The van der Waals surface area contributed by atoms with E-state index in [1.165, 1.54) is 0 Å². The second-order valence-electron chi connectivity index (χ2n) is 6.57. The Morgan fingerprint density at radius 3 is 2.63 bits per heavy atom. The number of nitrogens with zero attached hydrogens (tertiary/aromatic N) is 4. The molecule has 1 aromatic carbocycles. The maximum atomic E-state index is 11.9. The maximum absolute atomic E-state index is 11.9. The van der Waals surface area contributed by atoms with Gasteiger partial charge in [0.25, 0.3) is 0 Å². The van der Waals surface area contributed by atoms with Gasteiger partial charge >= 0.3 is 6.03 Å². The van der Waals surface area contributed by atoms with Crippen LogP contribution in [0.1, 0.15) is 18.2 Å². The summed E-state index contributed by atoms with van der Waals surface area (Å²) < 4.78 is 5.48. The minimum Gasteiger partial charge on any atom is -0.378 e. The summed E-state index contributed by atoms with van der Waals surface area (Å²) in [5, 5.41) is 5.48. The van der Waals surface area contributed by atoms with E-state index in [9.17, 15) is 4.79 Å². The number of hydrogen-bond acceptors (Lipinski definition) is 6. The highest BCUT2D eigenvalue weighted by molar-refractivity contribution is 5.87. The molecule has 0 atom stereocenters. The van der Waals surface area contributed by atoms with Crippen LogP contribution in [0.4, 0.5) is 22.2 Å². The van der Waals surface area contributed by atoms with Gasteiger partial charge in [0.15, 0.2) is 0 Å².